The molecule has 2 aliphatic heterocycles. The highest BCUT2D eigenvalue weighted by molar-refractivity contribution is 6.05. The second kappa shape index (κ2) is 9.75. The molecule has 38 heavy (non-hydrogen) atoms. The van der Waals surface area contributed by atoms with Gasteiger partial charge in [-0.05, 0) is 56.6 Å². The topological polar surface area (TPSA) is 104 Å². The summed E-state index contributed by atoms with van der Waals surface area (Å²) in [6.07, 6.45) is 3.22. The second-order valence-electron chi connectivity index (χ2n) is 10.4. The number of hydrogen-bond acceptors (Lipinski definition) is 6. The first-order valence-electron chi connectivity index (χ1n) is 13.4. The van der Waals surface area contributed by atoms with Gasteiger partial charge in [0.1, 0.15) is 17.0 Å². The molecule has 1 unspecified atom stereocenters. The van der Waals surface area contributed by atoms with Crippen molar-refractivity contribution in [2.24, 2.45) is 7.05 Å². The van der Waals surface area contributed by atoms with E-state index < -0.39 is 0 Å². The molecule has 0 spiro atoms. The fourth-order valence-corrected chi connectivity index (χ4v) is 6.01. The maximum atomic E-state index is 13.8. The molecular weight excluding hydrogens is 482 g/mol. The molecule has 0 radical (unpaired) electrons. The zero-order valence-corrected chi connectivity index (χ0v) is 21.9. The normalized spacial score (nSPS) is 18.2. The molecule has 10 nitrogen and oxygen atoms in total. The highest BCUT2D eigenvalue weighted by Gasteiger charge is 2.27. The number of carbonyl (C=O) groups excluding carboxylic acids is 2. The number of imidazole rings is 1. The van der Waals surface area contributed by atoms with Crippen LogP contribution in [-0.4, -0.2) is 76.0 Å². The molecule has 1 atom stereocenters. The molecule has 3 aromatic heterocycles. The number of benzene rings is 1. The molecule has 1 aromatic carbocycles. The number of para-hydroxylation sites is 2. The summed E-state index contributed by atoms with van der Waals surface area (Å²) < 4.78 is 3.84. The minimum atomic E-state index is -0.360. The van der Waals surface area contributed by atoms with E-state index in [1.165, 1.54) is 19.8 Å². The van der Waals surface area contributed by atoms with E-state index in [9.17, 15) is 14.4 Å². The van der Waals surface area contributed by atoms with Crippen LogP contribution in [0.5, 0.6) is 0 Å². The van der Waals surface area contributed by atoms with Crippen molar-refractivity contribution in [3.63, 3.8) is 0 Å². The monoisotopic (exact) mass is 515 g/mol. The Morgan fingerprint density at radius 3 is 2.58 bits per heavy atom. The van der Waals surface area contributed by atoms with Crippen LogP contribution in [0.25, 0.3) is 27.7 Å². The Balaban J connectivity index is 1.45. The number of likely N-dealkylation sites (tertiary alicyclic amines) is 1. The summed E-state index contributed by atoms with van der Waals surface area (Å²) in [6, 6.07) is 11.5. The maximum absolute atomic E-state index is 13.8. The quantitative estimate of drug-likeness (QED) is 0.407. The largest absolute Gasteiger partial charge is 0.354 e. The van der Waals surface area contributed by atoms with Gasteiger partial charge in [0.15, 0.2) is 5.65 Å². The van der Waals surface area contributed by atoms with Gasteiger partial charge in [0.2, 0.25) is 11.3 Å². The van der Waals surface area contributed by atoms with Gasteiger partial charge in [-0.1, -0.05) is 12.1 Å². The number of nitrogens with zero attached hydrogens (tertiary/aromatic N) is 5. The third-order valence-electron chi connectivity index (χ3n) is 7.84. The fourth-order valence-electron chi connectivity index (χ4n) is 6.01. The van der Waals surface area contributed by atoms with Crippen molar-refractivity contribution in [3.05, 3.63) is 52.2 Å². The molecular formula is C28H33N7O3. The van der Waals surface area contributed by atoms with Crippen molar-refractivity contribution in [1.29, 1.82) is 0 Å². The van der Waals surface area contributed by atoms with Gasteiger partial charge < -0.3 is 25.0 Å². The van der Waals surface area contributed by atoms with E-state index in [1.807, 2.05) is 46.3 Å². The van der Waals surface area contributed by atoms with Crippen LogP contribution in [-0.2, 0) is 11.8 Å². The zero-order chi connectivity index (χ0) is 26.4. The van der Waals surface area contributed by atoms with Gasteiger partial charge in [-0.25, -0.2) is 4.98 Å². The van der Waals surface area contributed by atoms with E-state index in [-0.39, 0.29) is 28.8 Å². The number of aromatic nitrogens is 3. The van der Waals surface area contributed by atoms with Crippen LogP contribution >= 0.6 is 0 Å². The number of anilines is 1. The molecule has 0 aliphatic carbocycles. The van der Waals surface area contributed by atoms with E-state index in [0.29, 0.717) is 29.8 Å². The number of rotatable bonds is 6. The minimum absolute atomic E-state index is 0.0430. The fraction of sp³-hybridized carbons (Fsp3) is 0.429. The lowest BCUT2D eigenvalue weighted by atomic mass is 10.1. The van der Waals surface area contributed by atoms with Crippen LogP contribution in [0.1, 0.15) is 36.5 Å². The zero-order valence-electron chi connectivity index (χ0n) is 21.9. The first-order valence-corrected chi connectivity index (χ1v) is 13.4. The van der Waals surface area contributed by atoms with Crippen molar-refractivity contribution in [2.45, 2.75) is 32.2 Å². The molecule has 198 valence electrons. The van der Waals surface area contributed by atoms with E-state index in [1.54, 1.807) is 6.07 Å². The van der Waals surface area contributed by atoms with Gasteiger partial charge in [-0.2, -0.15) is 0 Å². The molecule has 0 saturated carbocycles. The first kappa shape index (κ1) is 24.4. The Morgan fingerprint density at radius 1 is 1.05 bits per heavy atom. The van der Waals surface area contributed by atoms with Gasteiger partial charge in [0.25, 0.3) is 5.91 Å². The van der Waals surface area contributed by atoms with Gasteiger partial charge >= 0.3 is 0 Å². The molecule has 2 aliphatic rings. The van der Waals surface area contributed by atoms with E-state index >= 15 is 0 Å². The Bertz CT molecular complexity index is 1620. The summed E-state index contributed by atoms with van der Waals surface area (Å²) in [5.41, 5.74) is 2.66. The average molecular weight is 516 g/mol. The van der Waals surface area contributed by atoms with Crippen LogP contribution in [0, 0.1) is 0 Å². The van der Waals surface area contributed by atoms with Crippen molar-refractivity contribution in [3.8, 4) is 0 Å². The highest BCUT2D eigenvalue weighted by Crippen LogP contribution is 2.27. The Labute approximate surface area is 220 Å². The van der Waals surface area contributed by atoms with E-state index in [4.69, 9.17) is 4.98 Å². The lowest BCUT2D eigenvalue weighted by Gasteiger charge is -2.19. The molecule has 10 heteroatoms. The lowest BCUT2D eigenvalue weighted by Crippen LogP contribution is -2.36. The number of fused-ring (bicyclic) bond motifs is 5. The first-order chi connectivity index (χ1) is 18.4. The van der Waals surface area contributed by atoms with Crippen molar-refractivity contribution in [2.75, 3.05) is 44.2 Å². The highest BCUT2D eigenvalue weighted by atomic mass is 16.2. The summed E-state index contributed by atoms with van der Waals surface area (Å²) in [5, 5.41) is 6.39. The lowest BCUT2D eigenvalue weighted by molar-refractivity contribution is -0.119. The summed E-state index contributed by atoms with van der Waals surface area (Å²) >= 11 is 0. The van der Waals surface area contributed by atoms with Crippen LogP contribution in [0.4, 0.5) is 5.82 Å². The van der Waals surface area contributed by atoms with Crippen LogP contribution in [0.3, 0.4) is 0 Å². The second-order valence-corrected chi connectivity index (χ2v) is 10.4. The van der Waals surface area contributed by atoms with Crippen LogP contribution in [0.2, 0.25) is 0 Å². The Morgan fingerprint density at radius 2 is 1.82 bits per heavy atom. The molecule has 2 saturated heterocycles. The minimum Gasteiger partial charge on any atom is -0.354 e. The Kier molecular flexibility index (Phi) is 6.27. The van der Waals surface area contributed by atoms with E-state index in [0.717, 1.165) is 49.5 Å². The number of aryl methyl sites for hydroxylation is 1. The summed E-state index contributed by atoms with van der Waals surface area (Å²) in [5.74, 6) is 0.342. The van der Waals surface area contributed by atoms with Crippen LogP contribution < -0.4 is 21.0 Å². The van der Waals surface area contributed by atoms with Crippen molar-refractivity contribution >= 4 is 45.3 Å². The standard InChI is InChI=1S/C28H33N7O3/c1-18(36)30-19-11-15-34(17-19)23-10-9-20-25(37)24(27(38)29-12-16-33-13-5-6-14-33)28-32(2)21-7-3-4-8-22(21)35(28)26(20)31-23/h3-4,7-10,19H,5-6,11-17H2,1-2H3,(H,29,38)(H,30,36). The van der Waals surface area contributed by atoms with Gasteiger partial charge in [-0.3, -0.25) is 18.8 Å². The number of pyridine rings is 2. The molecule has 4 aromatic rings. The molecule has 2 fully saturated rings. The summed E-state index contributed by atoms with van der Waals surface area (Å²) in [6.45, 7) is 6.32. The average Bonchev–Trinajstić information content (AvgIpc) is 3.65. The maximum Gasteiger partial charge on any atom is 0.259 e. The molecule has 0 bridgehead atoms. The van der Waals surface area contributed by atoms with Gasteiger partial charge in [0, 0.05) is 46.2 Å². The van der Waals surface area contributed by atoms with Crippen molar-refractivity contribution < 1.29 is 9.59 Å². The predicted octanol–water partition coefficient (Wildman–Crippen LogP) is 1.88. The predicted molar refractivity (Wildman–Crippen MR) is 148 cm³/mol. The van der Waals surface area contributed by atoms with Gasteiger partial charge in [0.05, 0.1) is 16.4 Å². The SMILES string of the molecule is CC(=O)NC1CCN(c2ccc3c(=O)c(C(=O)NCCN4CCCC4)c4n(C)c5ccccc5n4c3n2)C1. The summed E-state index contributed by atoms with van der Waals surface area (Å²) in [4.78, 5) is 48.3. The number of carbonyl (C=O) groups is 2. The molecule has 2 amide bonds. The third kappa shape index (κ3) is 4.18. The number of nitrogens with one attached hydrogen (secondary N) is 2. The van der Waals surface area contributed by atoms with Gasteiger partial charge in [-0.15, -0.1) is 0 Å². The van der Waals surface area contributed by atoms with Crippen LogP contribution in [0.15, 0.2) is 41.2 Å². The molecule has 2 N–H and O–H groups in total. The van der Waals surface area contributed by atoms with E-state index in [2.05, 4.69) is 20.4 Å². The Hall–Kier alpha value is -3.92. The number of amides is 2. The summed E-state index contributed by atoms with van der Waals surface area (Å²) in [7, 11) is 1.88. The third-order valence-corrected chi connectivity index (χ3v) is 7.84. The molecule has 5 heterocycles. The van der Waals surface area contributed by atoms with Crippen molar-refractivity contribution in [1.82, 2.24) is 29.5 Å². The molecule has 6 rings (SSSR count). The number of hydrogen-bond donors (Lipinski definition) is 2. The smallest absolute Gasteiger partial charge is 0.259 e.